The first-order valence-corrected chi connectivity index (χ1v) is 9.80. The predicted octanol–water partition coefficient (Wildman–Crippen LogP) is 0.983. The summed E-state index contributed by atoms with van der Waals surface area (Å²) in [5, 5.41) is 18.3. The summed E-state index contributed by atoms with van der Waals surface area (Å²) in [6, 6.07) is 10.5. The van der Waals surface area contributed by atoms with Crippen molar-refractivity contribution in [3.63, 3.8) is 0 Å². The fraction of sp³-hybridized carbons (Fsp3) is 0.238. The van der Waals surface area contributed by atoms with Crippen molar-refractivity contribution in [1.29, 1.82) is 0 Å². The molecule has 3 heterocycles. The zero-order valence-corrected chi connectivity index (χ0v) is 16.4. The van der Waals surface area contributed by atoms with E-state index >= 15 is 0 Å². The first-order chi connectivity index (χ1) is 14.5. The number of nitrogens with one attached hydrogen (secondary N) is 3. The van der Waals surface area contributed by atoms with Crippen molar-refractivity contribution in [3.05, 3.63) is 74.5 Å². The van der Waals surface area contributed by atoms with E-state index in [1.165, 1.54) is 5.56 Å². The molecule has 0 radical (unpaired) electrons. The minimum absolute atomic E-state index is 0.226. The molecule has 0 unspecified atom stereocenters. The molecule has 3 aromatic heterocycles. The monoisotopic (exact) mass is 403 g/mol. The summed E-state index contributed by atoms with van der Waals surface area (Å²) >= 11 is 0. The third kappa shape index (κ3) is 3.69. The molecule has 1 aliphatic rings. The molecule has 0 bridgehead atoms. The summed E-state index contributed by atoms with van der Waals surface area (Å²) in [5.74, 6) is 0.460. The van der Waals surface area contributed by atoms with Gasteiger partial charge in [-0.25, -0.2) is 9.78 Å². The van der Waals surface area contributed by atoms with Crippen molar-refractivity contribution in [2.24, 2.45) is 4.99 Å². The number of nitrogens with zero attached hydrogens (tertiary/aromatic N) is 4. The van der Waals surface area contributed by atoms with Crippen molar-refractivity contribution >= 4 is 17.5 Å². The number of imidazole rings is 1. The zero-order chi connectivity index (χ0) is 20.7. The third-order valence-corrected chi connectivity index (χ3v) is 4.93. The van der Waals surface area contributed by atoms with Gasteiger partial charge < -0.3 is 15.4 Å². The first-order valence-electron chi connectivity index (χ1n) is 9.80. The molecule has 4 N–H and O–H groups in total. The lowest BCUT2D eigenvalue weighted by Gasteiger charge is -2.07. The van der Waals surface area contributed by atoms with Crippen LogP contribution in [-0.4, -0.2) is 35.7 Å². The Bertz CT molecular complexity index is 1410. The number of aromatic amines is 2. The summed E-state index contributed by atoms with van der Waals surface area (Å²) < 4.78 is 1.68. The van der Waals surface area contributed by atoms with Gasteiger partial charge in [0.05, 0.1) is 12.2 Å². The van der Waals surface area contributed by atoms with E-state index in [9.17, 15) is 9.90 Å². The van der Waals surface area contributed by atoms with Crippen LogP contribution >= 0.6 is 0 Å². The zero-order valence-electron chi connectivity index (χ0n) is 16.4. The Hall–Kier alpha value is -3.88. The second-order valence-electron chi connectivity index (χ2n) is 7.52. The van der Waals surface area contributed by atoms with E-state index in [2.05, 4.69) is 45.5 Å². The first kappa shape index (κ1) is 18.2. The molecule has 0 saturated heterocycles. The van der Waals surface area contributed by atoms with E-state index in [1.807, 2.05) is 12.1 Å². The lowest BCUT2D eigenvalue weighted by atomic mass is 10.1. The van der Waals surface area contributed by atoms with E-state index in [4.69, 9.17) is 9.98 Å². The molecule has 152 valence electrons. The van der Waals surface area contributed by atoms with Crippen molar-refractivity contribution in [3.8, 4) is 5.88 Å². The lowest BCUT2D eigenvalue weighted by molar-refractivity contribution is 0.454. The molecule has 5 rings (SSSR count). The van der Waals surface area contributed by atoms with Crippen LogP contribution in [0, 0.1) is 6.92 Å². The molecule has 0 aliphatic heterocycles. The minimum Gasteiger partial charge on any atom is -0.493 e. The lowest BCUT2D eigenvalue weighted by Crippen LogP contribution is -2.20. The SMILES string of the molecule is Cc1cccc(CNc2cc(=NC3CC3)n3nc/c(=C/c4[nH]c(=O)[nH]c4O)c3n2)c1. The van der Waals surface area contributed by atoms with Gasteiger partial charge in [-0.05, 0) is 31.4 Å². The molecular formula is C21H21N7O2. The van der Waals surface area contributed by atoms with Crippen LogP contribution in [0.3, 0.4) is 0 Å². The van der Waals surface area contributed by atoms with Gasteiger partial charge in [0, 0.05) is 17.8 Å². The number of aromatic hydroxyl groups is 1. The summed E-state index contributed by atoms with van der Waals surface area (Å²) in [4.78, 5) is 25.8. The Balaban J connectivity index is 1.59. The number of hydrogen-bond donors (Lipinski definition) is 4. The van der Waals surface area contributed by atoms with Crippen molar-refractivity contribution in [1.82, 2.24) is 24.6 Å². The van der Waals surface area contributed by atoms with Crippen LogP contribution in [0.25, 0.3) is 11.7 Å². The van der Waals surface area contributed by atoms with E-state index in [1.54, 1.807) is 16.8 Å². The van der Waals surface area contributed by atoms with Gasteiger partial charge in [0.15, 0.2) is 11.1 Å². The maximum atomic E-state index is 11.4. The van der Waals surface area contributed by atoms with Gasteiger partial charge >= 0.3 is 5.69 Å². The van der Waals surface area contributed by atoms with Gasteiger partial charge in [-0.3, -0.25) is 9.98 Å². The molecular weight excluding hydrogens is 382 g/mol. The van der Waals surface area contributed by atoms with E-state index < -0.39 is 5.69 Å². The smallest absolute Gasteiger partial charge is 0.326 e. The van der Waals surface area contributed by atoms with Crippen LogP contribution < -0.4 is 21.7 Å². The molecule has 1 saturated carbocycles. The molecule has 1 fully saturated rings. The fourth-order valence-electron chi connectivity index (χ4n) is 3.30. The highest BCUT2D eigenvalue weighted by molar-refractivity contribution is 5.58. The van der Waals surface area contributed by atoms with Gasteiger partial charge in [0.1, 0.15) is 11.5 Å². The largest absolute Gasteiger partial charge is 0.493 e. The maximum Gasteiger partial charge on any atom is 0.326 e. The number of hydrogen-bond acceptors (Lipinski definition) is 6. The minimum atomic E-state index is -0.479. The number of anilines is 1. The average molecular weight is 403 g/mol. The summed E-state index contributed by atoms with van der Waals surface area (Å²) in [6.45, 7) is 2.70. The van der Waals surface area contributed by atoms with Crippen molar-refractivity contribution < 1.29 is 5.11 Å². The Morgan fingerprint density at radius 1 is 1.33 bits per heavy atom. The van der Waals surface area contributed by atoms with Gasteiger partial charge in [-0.1, -0.05) is 29.8 Å². The summed E-state index contributed by atoms with van der Waals surface area (Å²) in [5.41, 5.74) is 3.47. The van der Waals surface area contributed by atoms with E-state index in [0.29, 0.717) is 29.3 Å². The topological polar surface area (TPSA) is 123 Å². The summed E-state index contributed by atoms with van der Waals surface area (Å²) in [7, 11) is 0. The van der Waals surface area contributed by atoms with Crippen molar-refractivity contribution in [2.75, 3.05) is 5.32 Å². The van der Waals surface area contributed by atoms with Crippen LogP contribution in [0.2, 0.25) is 0 Å². The highest BCUT2D eigenvalue weighted by atomic mass is 16.3. The van der Waals surface area contributed by atoms with Gasteiger partial charge in [0.2, 0.25) is 5.88 Å². The molecule has 0 spiro atoms. The third-order valence-electron chi connectivity index (χ3n) is 4.93. The van der Waals surface area contributed by atoms with Crippen LogP contribution in [0.4, 0.5) is 5.82 Å². The fourth-order valence-corrected chi connectivity index (χ4v) is 3.30. The van der Waals surface area contributed by atoms with Gasteiger partial charge in [-0.15, -0.1) is 0 Å². The predicted molar refractivity (Wildman–Crippen MR) is 112 cm³/mol. The quantitative estimate of drug-likeness (QED) is 0.396. The Labute approximate surface area is 170 Å². The standard InChI is InChI=1S/C21H21N7O2/c1-12-3-2-4-13(7-12)10-22-17-9-18(24-15-5-6-15)28-19(26-17)14(11-23-28)8-16-20(29)27-21(30)25-16/h2-4,7-9,11,15,22,29H,5-6,10H2,1H3,(H2,25,27,30)/b14-8-,24-18?. The number of H-pyrrole nitrogens is 2. The van der Waals surface area contributed by atoms with Crippen LogP contribution in [0.1, 0.15) is 29.7 Å². The highest BCUT2D eigenvalue weighted by Crippen LogP contribution is 2.22. The van der Waals surface area contributed by atoms with Crippen molar-refractivity contribution in [2.45, 2.75) is 32.4 Å². The Morgan fingerprint density at radius 2 is 2.20 bits per heavy atom. The van der Waals surface area contributed by atoms with E-state index in [-0.39, 0.29) is 11.6 Å². The molecule has 1 aromatic carbocycles. The number of aromatic nitrogens is 5. The molecule has 4 aromatic rings. The maximum absolute atomic E-state index is 11.4. The second-order valence-corrected chi connectivity index (χ2v) is 7.52. The van der Waals surface area contributed by atoms with Gasteiger partial charge in [0.25, 0.3) is 0 Å². The number of rotatable bonds is 5. The molecule has 9 nitrogen and oxygen atoms in total. The molecule has 30 heavy (non-hydrogen) atoms. The Morgan fingerprint density at radius 3 is 2.93 bits per heavy atom. The van der Waals surface area contributed by atoms with Gasteiger partial charge in [-0.2, -0.15) is 9.61 Å². The van der Waals surface area contributed by atoms with Crippen LogP contribution in [0.15, 0.2) is 46.3 Å². The molecule has 0 amide bonds. The highest BCUT2D eigenvalue weighted by Gasteiger charge is 2.20. The number of fused-ring (bicyclic) bond motifs is 1. The number of benzene rings is 1. The Kier molecular flexibility index (Phi) is 4.35. The average Bonchev–Trinajstić information content (AvgIpc) is 3.35. The van der Waals surface area contributed by atoms with Crippen LogP contribution in [0.5, 0.6) is 5.88 Å². The van der Waals surface area contributed by atoms with E-state index in [0.717, 1.165) is 23.9 Å². The molecule has 1 aliphatic carbocycles. The molecule has 0 atom stereocenters. The number of aryl methyl sites for hydroxylation is 1. The van der Waals surface area contributed by atoms with Crippen LogP contribution in [-0.2, 0) is 6.54 Å². The second kappa shape index (κ2) is 7.18. The normalized spacial score (nSPS) is 15.2. The summed E-state index contributed by atoms with van der Waals surface area (Å²) in [6.07, 6.45) is 5.43. The molecule has 9 heteroatoms.